The molecule has 1 N–H and O–H groups in total. The summed E-state index contributed by atoms with van der Waals surface area (Å²) in [6.45, 7) is 2.45. The molecule has 0 spiro atoms. The average Bonchev–Trinajstić information content (AvgIpc) is 3.22. The van der Waals surface area contributed by atoms with E-state index in [0.29, 0.717) is 17.8 Å². The van der Waals surface area contributed by atoms with Crippen LogP contribution >= 0.6 is 0 Å². The fraction of sp³-hybridized carbons (Fsp3) is 0.350. The lowest BCUT2D eigenvalue weighted by atomic mass is 10.0. The topological polar surface area (TPSA) is 88.9 Å². The molecule has 0 saturated carbocycles. The number of nitrogens with one attached hydrogen (secondary N) is 1. The van der Waals surface area contributed by atoms with E-state index < -0.39 is 5.97 Å². The Morgan fingerprint density at radius 3 is 2.63 bits per heavy atom. The molecule has 1 atom stereocenters. The van der Waals surface area contributed by atoms with Gasteiger partial charge >= 0.3 is 5.97 Å². The summed E-state index contributed by atoms with van der Waals surface area (Å²) in [5.74, 6) is -0.921. The van der Waals surface area contributed by atoms with E-state index in [1.54, 1.807) is 29.2 Å². The minimum atomic E-state index is -0.572. The van der Waals surface area contributed by atoms with E-state index in [9.17, 15) is 14.4 Å². The van der Waals surface area contributed by atoms with Crippen LogP contribution in [0.2, 0.25) is 0 Å². The number of amides is 2. The highest BCUT2D eigenvalue weighted by molar-refractivity contribution is 6.02. The first kappa shape index (κ1) is 18.7. The number of hydrogen-bond acceptors (Lipinski definition) is 5. The van der Waals surface area contributed by atoms with E-state index in [1.807, 2.05) is 6.92 Å². The number of likely N-dealkylation sites (tertiary alicyclic amines) is 1. The standard InChI is InChI=1S/C20H22N2O5/c1-14-5-2-3-11-22(14)18(23)13-27-20(25)15-7-9-16(10-8-15)21-19(24)17-6-4-12-26-17/h4,6-10,12,14H,2-3,5,11,13H2,1H3,(H,21,24)/t14-/m1/s1. The zero-order valence-electron chi connectivity index (χ0n) is 15.1. The molecule has 1 fully saturated rings. The summed E-state index contributed by atoms with van der Waals surface area (Å²) in [5.41, 5.74) is 0.830. The van der Waals surface area contributed by atoms with Gasteiger partial charge in [0, 0.05) is 18.3 Å². The molecule has 2 heterocycles. The lowest BCUT2D eigenvalue weighted by Gasteiger charge is -2.33. The maximum atomic E-state index is 12.2. The van der Waals surface area contributed by atoms with Crippen LogP contribution in [0, 0.1) is 0 Å². The number of benzene rings is 1. The Kier molecular flexibility index (Phi) is 5.90. The van der Waals surface area contributed by atoms with E-state index in [0.717, 1.165) is 19.3 Å². The maximum Gasteiger partial charge on any atom is 0.338 e. The predicted octanol–water partition coefficient (Wildman–Crippen LogP) is 3.09. The number of piperidine rings is 1. The second kappa shape index (κ2) is 8.53. The summed E-state index contributed by atoms with van der Waals surface area (Å²) in [5, 5.41) is 2.66. The van der Waals surface area contributed by atoms with E-state index >= 15 is 0 Å². The van der Waals surface area contributed by atoms with Gasteiger partial charge in [-0.15, -0.1) is 0 Å². The third-order valence-corrected chi connectivity index (χ3v) is 4.57. The van der Waals surface area contributed by atoms with Crippen LogP contribution in [0.5, 0.6) is 0 Å². The number of nitrogens with zero attached hydrogens (tertiary/aromatic N) is 1. The zero-order valence-corrected chi connectivity index (χ0v) is 15.1. The van der Waals surface area contributed by atoms with E-state index in [2.05, 4.69) is 5.32 Å². The molecule has 2 amide bonds. The Balaban J connectivity index is 1.51. The minimum Gasteiger partial charge on any atom is -0.459 e. The molecular formula is C20H22N2O5. The molecule has 0 aliphatic carbocycles. The van der Waals surface area contributed by atoms with Crippen molar-refractivity contribution in [3.05, 3.63) is 54.0 Å². The number of carbonyl (C=O) groups excluding carboxylic acids is 3. The molecule has 0 unspecified atom stereocenters. The molecule has 27 heavy (non-hydrogen) atoms. The van der Waals surface area contributed by atoms with Gasteiger partial charge in [0.05, 0.1) is 11.8 Å². The Labute approximate surface area is 157 Å². The summed E-state index contributed by atoms with van der Waals surface area (Å²) < 4.78 is 10.2. The Morgan fingerprint density at radius 2 is 1.96 bits per heavy atom. The molecule has 0 radical (unpaired) electrons. The quantitative estimate of drug-likeness (QED) is 0.817. The molecule has 2 aromatic rings. The van der Waals surface area contributed by atoms with Crippen molar-refractivity contribution >= 4 is 23.5 Å². The van der Waals surface area contributed by atoms with Crippen LogP contribution in [0.15, 0.2) is 47.1 Å². The van der Waals surface area contributed by atoms with E-state index in [4.69, 9.17) is 9.15 Å². The third-order valence-electron chi connectivity index (χ3n) is 4.57. The lowest BCUT2D eigenvalue weighted by molar-refractivity contribution is -0.137. The average molecular weight is 370 g/mol. The van der Waals surface area contributed by atoms with Crippen LogP contribution in [-0.2, 0) is 9.53 Å². The first-order valence-corrected chi connectivity index (χ1v) is 8.96. The molecule has 1 aliphatic rings. The van der Waals surface area contributed by atoms with Crippen LogP contribution in [0.4, 0.5) is 5.69 Å². The van der Waals surface area contributed by atoms with Gasteiger partial charge in [-0.05, 0) is 62.6 Å². The second-order valence-corrected chi connectivity index (χ2v) is 6.52. The number of anilines is 1. The largest absolute Gasteiger partial charge is 0.459 e. The number of hydrogen-bond donors (Lipinski definition) is 1. The number of ether oxygens (including phenoxy) is 1. The van der Waals surface area contributed by atoms with Crippen molar-refractivity contribution < 1.29 is 23.5 Å². The summed E-state index contributed by atoms with van der Waals surface area (Å²) >= 11 is 0. The molecule has 0 bridgehead atoms. The lowest BCUT2D eigenvalue weighted by Crippen LogP contribution is -2.44. The van der Waals surface area contributed by atoms with Crippen molar-refractivity contribution in [3.63, 3.8) is 0 Å². The molecule has 3 rings (SSSR count). The van der Waals surface area contributed by atoms with Crippen molar-refractivity contribution in [2.45, 2.75) is 32.2 Å². The van der Waals surface area contributed by atoms with Gasteiger partial charge in [0.2, 0.25) is 0 Å². The van der Waals surface area contributed by atoms with Crippen molar-refractivity contribution in [1.82, 2.24) is 4.90 Å². The Morgan fingerprint density at radius 1 is 1.19 bits per heavy atom. The van der Waals surface area contributed by atoms with Crippen LogP contribution < -0.4 is 5.32 Å². The molecule has 1 aromatic carbocycles. The van der Waals surface area contributed by atoms with Gasteiger partial charge in [0.25, 0.3) is 11.8 Å². The zero-order chi connectivity index (χ0) is 19.2. The Bertz CT molecular complexity index is 798. The van der Waals surface area contributed by atoms with Crippen LogP contribution in [-0.4, -0.2) is 41.9 Å². The molecule has 7 heteroatoms. The van der Waals surface area contributed by atoms with Crippen LogP contribution in [0.3, 0.4) is 0 Å². The highest BCUT2D eigenvalue weighted by Gasteiger charge is 2.24. The molecule has 1 aromatic heterocycles. The molecule has 1 saturated heterocycles. The van der Waals surface area contributed by atoms with Crippen molar-refractivity contribution in [2.75, 3.05) is 18.5 Å². The van der Waals surface area contributed by atoms with Crippen LogP contribution in [0.25, 0.3) is 0 Å². The summed E-state index contributed by atoms with van der Waals surface area (Å²) in [7, 11) is 0. The second-order valence-electron chi connectivity index (χ2n) is 6.52. The van der Waals surface area contributed by atoms with Crippen molar-refractivity contribution in [1.29, 1.82) is 0 Å². The highest BCUT2D eigenvalue weighted by Crippen LogP contribution is 2.17. The molecule has 142 valence electrons. The van der Waals surface area contributed by atoms with Gasteiger partial charge in [-0.25, -0.2) is 4.79 Å². The van der Waals surface area contributed by atoms with E-state index in [-0.39, 0.29) is 30.2 Å². The van der Waals surface area contributed by atoms with Gasteiger partial charge in [-0.3, -0.25) is 9.59 Å². The Hall–Kier alpha value is -3.09. The molecular weight excluding hydrogens is 348 g/mol. The molecule has 7 nitrogen and oxygen atoms in total. The monoisotopic (exact) mass is 370 g/mol. The van der Waals surface area contributed by atoms with Crippen molar-refractivity contribution in [3.8, 4) is 0 Å². The summed E-state index contributed by atoms with van der Waals surface area (Å²) in [6, 6.07) is 9.61. The van der Waals surface area contributed by atoms with Crippen molar-refractivity contribution in [2.24, 2.45) is 0 Å². The normalized spacial score (nSPS) is 16.6. The number of carbonyl (C=O) groups is 3. The van der Waals surface area contributed by atoms with Gasteiger partial charge in [0.15, 0.2) is 12.4 Å². The van der Waals surface area contributed by atoms with Gasteiger partial charge in [-0.2, -0.15) is 0 Å². The van der Waals surface area contributed by atoms with Gasteiger partial charge in [-0.1, -0.05) is 0 Å². The third kappa shape index (κ3) is 4.75. The first-order chi connectivity index (χ1) is 13.0. The predicted molar refractivity (Wildman–Crippen MR) is 98.4 cm³/mol. The minimum absolute atomic E-state index is 0.169. The summed E-state index contributed by atoms with van der Waals surface area (Å²) in [6.07, 6.45) is 4.49. The number of furan rings is 1. The van der Waals surface area contributed by atoms with Gasteiger partial charge in [0.1, 0.15) is 0 Å². The van der Waals surface area contributed by atoms with Gasteiger partial charge < -0.3 is 19.4 Å². The first-order valence-electron chi connectivity index (χ1n) is 8.96. The summed E-state index contributed by atoms with van der Waals surface area (Å²) in [4.78, 5) is 38.0. The maximum absolute atomic E-state index is 12.2. The fourth-order valence-electron chi connectivity index (χ4n) is 3.05. The number of rotatable bonds is 5. The smallest absolute Gasteiger partial charge is 0.338 e. The molecule has 1 aliphatic heterocycles. The highest BCUT2D eigenvalue weighted by atomic mass is 16.5. The van der Waals surface area contributed by atoms with Crippen LogP contribution in [0.1, 0.15) is 47.1 Å². The SMILES string of the molecule is C[C@@H]1CCCCN1C(=O)COC(=O)c1ccc(NC(=O)c2ccco2)cc1. The fourth-order valence-corrected chi connectivity index (χ4v) is 3.05. The number of esters is 1. The van der Waals surface area contributed by atoms with E-state index in [1.165, 1.54) is 18.4 Å².